The van der Waals surface area contributed by atoms with Gasteiger partial charge in [0.05, 0.1) is 45.5 Å². The first-order valence-electron chi connectivity index (χ1n) is 18.4. The van der Waals surface area contributed by atoms with Crippen LogP contribution in [-0.2, 0) is 0 Å². The molecule has 0 atom stereocenters. The van der Waals surface area contributed by atoms with Crippen molar-refractivity contribution in [2.24, 2.45) is 0 Å². The topological polar surface area (TPSA) is 16.2 Å². The summed E-state index contributed by atoms with van der Waals surface area (Å²) in [4.78, 5) is 11.8. The number of fused-ring (bicyclic) bond motifs is 4. The van der Waals surface area contributed by atoms with Crippen LogP contribution in [0, 0.1) is 0 Å². The highest BCUT2D eigenvalue weighted by molar-refractivity contribution is 6.03. The maximum atomic E-state index is 2.39. The van der Waals surface area contributed by atoms with E-state index in [0.717, 1.165) is 79.6 Å². The van der Waals surface area contributed by atoms with Crippen LogP contribution in [0.15, 0.2) is 206 Å². The standard InChI is InChI=1S/C49H37N5/c1-50(38-22-16-24-40(34-38)53-46-30-12-8-26-42(46)51(36-18-4-2-5-19-36)43-27-9-13-31-47(43)53)39-23-17-25-41(35-39)54-48-32-14-10-28-44(48)52(37-20-6-3-7-21-37)45-29-11-15-33-49(45)54/h2-35H,1H3. The molecule has 2 heterocycles. The number of para-hydroxylation sites is 10. The molecule has 0 N–H and O–H groups in total. The largest absolute Gasteiger partial charge is 0.344 e. The Kier molecular flexibility index (Phi) is 7.62. The van der Waals surface area contributed by atoms with Gasteiger partial charge in [-0.25, -0.2) is 0 Å². The molecule has 54 heavy (non-hydrogen) atoms. The molecule has 2 aliphatic heterocycles. The van der Waals surface area contributed by atoms with Gasteiger partial charge in [-0.15, -0.1) is 0 Å². The molecule has 0 saturated carbocycles. The second-order valence-electron chi connectivity index (χ2n) is 13.6. The van der Waals surface area contributed by atoms with Crippen molar-refractivity contribution in [3.05, 3.63) is 206 Å². The van der Waals surface area contributed by atoms with Crippen LogP contribution in [0.5, 0.6) is 0 Å². The molecule has 0 fully saturated rings. The van der Waals surface area contributed by atoms with Crippen LogP contribution in [0.25, 0.3) is 0 Å². The molecular formula is C49H37N5. The van der Waals surface area contributed by atoms with Crippen LogP contribution in [0.3, 0.4) is 0 Å². The first kappa shape index (κ1) is 31.5. The van der Waals surface area contributed by atoms with Crippen molar-refractivity contribution in [3.8, 4) is 0 Å². The van der Waals surface area contributed by atoms with E-state index in [9.17, 15) is 0 Å². The molecule has 0 spiro atoms. The van der Waals surface area contributed by atoms with Crippen LogP contribution >= 0.6 is 0 Å². The number of anilines is 14. The zero-order valence-electron chi connectivity index (χ0n) is 29.9. The fourth-order valence-corrected chi connectivity index (χ4v) is 7.99. The van der Waals surface area contributed by atoms with Crippen LogP contribution in [0.2, 0.25) is 0 Å². The smallest absolute Gasteiger partial charge is 0.0703 e. The van der Waals surface area contributed by atoms with Gasteiger partial charge < -0.3 is 24.5 Å². The Bertz CT molecular complexity index is 2340. The van der Waals surface area contributed by atoms with E-state index in [1.807, 2.05) is 0 Å². The van der Waals surface area contributed by atoms with E-state index in [-0.39, 0.29) is 0 Å². The Morgan fingerprint density at radius 1 is 0.259 bits per heavy atom. The molecule has 2 aliphatic rings. The highest BCUT2D eigenvalue weighted by Gasteiger charge is 2.32. The number of hydrogen-bond acceptors (Lipinski definition) is 5. The summed E-state index contributed by atoms with van der Waals surface area (Å²) in [5.41, 5.74) is 15.8. The Hall–Kier alpha value is -7.24. The quantitative estimate of drug-likeness (QED) is 0.172. The number of nitrogens with zero attached hydrogens (tertiary/aromatic N) is 5. The van der Waals surface area contributed by atoms with Gasteiger partial charge in [0.1, 0.15) is 0 Å². The van der Waals surface area contributed by atoms with Crippen molar-refractivity contribution >= 4 is 79.6 Å². The summed E-state index contributed by atoms with van der Waals surface area (Å²) in [7, 11) is 2.16. The van der Waals surface area contributed by atoms with Gasteiger partial charge in [-0.2, -0.15) is 0 Å². The predicted octanol–water partition coefficient (Wildman–Crippen LogP) is 14.0. The van der Waals surface area contributed by atoms with Gasteiger partial charge >= 0.3 is 0 Å². The summed E-state index contributed by atoms with van der Waals surface area (Å²) in [6.07, 6.45) is 0. The summed E-state index contributed by atoms with van der Waals surface area (Å²) in [5, 5.41) is 0. The van der Waals surface area contributed by atoms with Gasteiger partial charge in [-0.05, 0) is 109 Å². The maximum Gasteiger partial charge on any atom is 0.0703 e. The van der Waals surface area contributed by atoms with Crippen LogP contribution in [0.1, 0.15) is 0 Å². The van der Waals surface area contributed by atoms with Crippen molar-refractivity contribution < 1.29 is 0 Å². The number of benzene rings is 8. The first-order valence-corrected chi connectivity index (χ1v) is 18.4. The molecule has 0 aliphatic carbocycles. The van der Waals surface area contributed by atoms with Gasteiger partial charge in [0.15, 0.2) is 0 Å². The molecule has 8 aromatic rings. The molecule has 0 amide bonds. The minimum Gasteiger partial charge on any atom is -0.344 e. The molecule has 5 nitrogen and oxygen atoms in total. The molecule has 0 aromatic heterocycles. The van der Waals surface area contributed by atoms with E-state index in [0.29, 0.717) is 0 Å². The molecular weight excluding hydrogens is 659 g/mol. The highest BCUT2D eigenvalue weighted by Crippen LogP contribution is 2.56. The average Bonchev–Trinajstić information content (AvgIpc) is 3.25. The minimum atomic E-state index is 1.10. The fourth-order valence-electron chi connectivity index (χ4n) is 7.99. The van der Waals surface area contributed by atoms with Crippen molar-refractivity contribution in [2.45, 2.75) is 0 Å². The molecule has 8 aromatic carbocycles. The third-order valence-electron chi connectivity index (χ3n) is 10.4. The lowest BCUT2D eigenvalue weighted by molar-refractivity contribution is 1.15. The summed E-state index contributed by atoms with van der Waals surface area (Å²) in [5.74, 6) is 0. The van der Waals surface area contributed by atoms with E-state index >= 15 is 0 Å². The summed E-state index contributed by atoms with van der Waals surface area (Å²) >= 11 is 0. The normalized spacial score (nSPS) is 12.8. The predicted molar refractivity (Wildman–Crippen MR) is 227 cm³/mol. The number of rotatable bonds is 6. The lowest BCUT2D eigenvalue weighted by atomic mass is 10.0. The van der Waals surface area contributed by atoms with Crippen LogP contribution in [0.4, 0.5) is 79.6 Å². The Labute approximate surface area is 316 Å². The Morgan fingerprint density at radius 2 is 0.500 bits per heavy atom. The monoisotopic (exact) mass is 695 g/mol. The van der Waals surface area contributed by atoms with E-state index in [4.69, 9.17) is 0 Å². The second-order valence-corrected chi connectivity index (χ2v) is 13.6. The lowest BCUT2D eigenvalue weighted by Gasteiger charge is -2.40. The summed E-state index contributed by atoms with van der Waals surface area (Å²) < 4.78 is 0. The van der Waals surface area contributed by atoms with Crippen LogP contribution in [-0.4, -0.2) is 7.05 Å². The van der Waals surface area contributed by atoms with E-state index in [1.165, 1.54) is 0 Å². The highest BCUT2D eigenvalue weighted by atomic mass is 15.3. The van der Waals surface area contributed by atoms with Gasteiger partial charge in [0.2, 0.25) is 0 Å². The van der Waals surface area contributed by atoms with Crippen molar-refractivity contribution in [1.29, 1.82) is 0 Å². The molecule has 0 unspecified atom stereocenters. The van der Waals surface area contributed by atoms with Gasteiger partial charge in [0.25, 0.3) is 0 Å². The van der Waals surface area contributed by atoms with E-state index < -0.39 is 0 Å². The fraction of sp³-hybridized carbons (Fsp3) is 0.0204. The molecule has 10 rings (SSSR count). The van der Waals surface area contributed by atoms with Gasteiger partial charge in [-0.3, -0.25) is 0 Å². The Morgan fingerprint density at radius 3 is 0.796 bits per heavy atom. The molecule has 0 radical (unpaired) electrons. The van der Waals surface area contributed by atoms with Crippen molar-refractivity contribution in [1.82, 2.24) is 0 Å². The summed E-state index contributed by atoms with van der Waals surface area (Å²) in [6.45, 7) is 0. The van der Waals surface area contributed by atoms with Crippen LogP contribution < -0.4 is 24.5 Å². The van der Waals surface area contributed by atoms with E-state index in [1.54, 1.807) is 0 Å². The molecule has 0 saturated heterocycles. The third-order valence-corrected chi connectivity index (χ3v) is 10.4. The molecule has 0 bridgehead atoms. The summed E-state index contributed by atoms with van der Waals surface area (Å²) in [6, 6.07) is 73.6. The zero-order valence-corrected chi connectivity index (χ0v) is 29.9. The molecule has 5 heteroatoms. The Balaban J connectivity index is 1.04. The molecule has 258 valence electrons. The van der Waals surface area contributed by atoms with Crippen molar-refractivity contribution in [3.63, 3.8) is 0 Å². The van der Waals surface area contributed by atoms with Gasteiger partial charge in [-0.1, -0.05) is 97.1 Å². The number of hydrogen-bond donors (Lipinski definition) is 0. The third kappa shape index (κ3) is 5.17. The van der Waals surface area contributed by atoms with Gasteiger partial charge in [0, 0.05) is 41.2 Å². The maximum absolute atomic E-state index is 2.39. The zero-order chi connectivity index (χ0) is 36.0. The van der Waals surface area contributed by atoms with E-state index in [2.05, 4.69) is 238 Å². The first-order chi connectivity index (χ1) is 26.7. The second kappa shape index (κ2) is 13.1. The minimum absolute atomic E-state index is 1.10. The average molecular weight is 696 g/mol. The lowest BCUT2D eigenvalue weighted by Crippen LogP contribution is -2.24. The van der Waals surface area contributed by atoms with Crippen molar-refractivity contribution in [2.75, 3.05) is 31.5 Å². The SMILES string of the molecule is CN(c1cccc(N2c3ccccc3N(c3ccccc3)c3ccccc32)c1)c1cccc(N2c3ccccc3N(c3ccccc3)c3ccccc32)c1.